The predicted octanol–water partition coefficient (Wildman–Crippen LogP) is 0.941. The van der Waals surface area contributed by atoms with Crippen LogP contribution in [-0.2, 0) is 30.3 Å². The number of fused-ring (bicyclic) bond motifs is 1. The van der Waals surface area contributed by atoms with Crippen molar-refractivity contribution in [2.45, 2.75) is 12.5 Å². The van der Waals surface area contributed by atoms with E-state index in [-0.39, 0.29) is 40.4 Å². The number of methoxy groups -OCH3 is 2. The second-order valence-corrected chi connectivity index (χ2v) is 7.49. The topological polar surface area (TPSA) is 135 Å². The normalized spacial score (nSPS) is 17.4. The fourth-order valence-corrected chi connectivity index (χ4v) is 4.24. The van der Waals surface area contributed by atoms with E-state index in [1.165, 1.54) is 0 Å². The molecule has 0 radical (unpaired) electrons. The monoisotopic (exact) mass is 463 g/mol. The van der Waals surface area contributed by atoms with Crippen molar-refractivity contribution in [3.8, 4) is 6.07 Å². The molecule has 0 spiro atoms. The van der Waals surface area contributed by atoms with E-state index in [1.54, 1.807) is 30.3 Å². The van der Waals surface area contributed by atoms with E-state index < -0.39 is 30.8 Å². The molecule has 2 heterocycles. The number of halogens is 1. The number of nitriles is 1. The molecule has 1 unspecified atom stereocenters. The van der Waals surface area contributed by atoms with E-state index >= 15 is 0 Å². The van der Waals surface area contributed by atoms with E-state index in [2.05, 4.69) is 0 Å². The van der Waals surface area contributed by atoms with Crippen LogP contribution in [0.3, 0.4) is 0 Å². The van der Waals surface area contributed by atoms with Crippen molar-refractivity contribution in [2.75, 3.05) is 19.1 Å². The number of rotatable bonds is 4. The van der Waals surface area contributed by atoms with Gasteiger partial charge in [0.15, 0.2) is 0 Å². The molecule has 0 aliphatic carbocycles. The molecule has 34 heavy (non-hydrogen) atoms. The van der Waals surface area contributed by atoms with Gasteiger partial charge in [-0.3, -0.25) is 4.90 Å². The van der Waals surface area contributed by atoms with Gasteiger partial charge in [0.2, 0.25) is 0 Å². The number of hydrogen-bond acceptors (Lipinski definition) is 9. The quantitative estimate of drug-likeness (QED) is 0.502. The Morgan fingerprint density at radius 1 is 1.24 bits per heavy atom. The van der Waals surface area contributed by atoms with Crippen molar-refractivity contribution in [1.82, 2.24) is 0 Å². The van der Waals surface area contributed by atoms with E-state index in [0.29, 0.717) is 11.1 Å². The first-order valence-electron chi connectivity index (χ1n) is 10.1. The van der Waals surface area contributed by atoms with Crippen molar-refractivity contribution >= 4 is 30.2 Å². The van der Waals surface area contributed by atoms with Crippen molar-refractivity contribution in [3.05, 3.63) is 82.1 Å². The van der Waals surface area contributed by atoms with Crippen molar-refractivity contribution < 1.29 is 33.1 Å². The summed E-state index contributed by atoms with van der Waals surface area (Å²) in [5.41, 5.74) is 6.81. The smallest absolute Gasteiger partial charge is 0.466 e. The lowest BCUT2D eigenvalue weighted by atomic mass is 9.78. The third-order valence-corrected chi connectivity index (χ3v) is 5.73. The van der Waals surface area contributed by atoms with Crippen LogP contribution in [0.15, 0.2) is 65.1 Å². The highest BCUT2D eigenvalue weighted by molar-refractivity contribution is 6.61. The van der Waals surface area contributed by atoms with Crippen LogP contribution >= 0.6 is 0 Å². The zero-order chi connectivity index (χ0) is 24.6. The predicted molar refractivity (Wildman–Crippen MR) is 118 cm³/mol. The van der Waals surface area contributed by atoms with Gasteiger partial charge in [-0.2, -0.15) is 5.26 Å². The number of allylic oxidation sites excluding steroid dienone is 1. The first-order valence-corrected chi connectivity index (χ1v) is 10.1. The van der Waals surface area contributed by atoms with Gasteiger partial charge in [-0.05, 0) is 23.2 Å². The minimum Gasteiger partial charge on any atom is -0.466 e. The molecule has 0 amide bonds. The summed E-state index contributed by atoms with van der Waals surface area (Å²) in [7, 11) is 0.856. The summed E-state index contributed by atoms with van der Waals surface area (Å²) in [5.74, 6) is -3.87. The number of benzene rings is 2. The zero-order valence-electron chi connectivity index (χ0n) is 18.2. The maximum absolute atomic E-state index is 14.6. The Kier molecular flexibility index (Phi) is 6.11. The molecule has 172 valence electrons. The highest BCUT2D eigenvalue weighted by Crippen LogP contribution is 2.44. The highest BCUT2D eigenvalue weighted by Gasteiger charge is 2.44. The van der Waals surface area contributed by atoms with Crippen molar-refractivity contribution in [3.63, 3.8) is 0 Å². The summed E-state index contributed by atoms with van der Waals surface area (Å²) in [6.07, 6.45) is 0. The van der Waals surface area contributed by atoms with Gasteiger partial charge in [0.05, 0.1) is 49.6 Å². The van der Waals surface area contributed by atoms with Crippen LogP contribution in [-0.4, -0.2) is 38.3 Å². The molecular formula is C23H19BFN3O6. The lowest BCUT2D eigenvalue weighted by Crippen LogP contribution is -2.41. The van der Waals surface area contributed by atoms with Gasteiger partial charge in [0.25, 0.3) is 0 Å². The van der Waals surface area contributed by atoms with Crippen LogP contribution in [0.4, 0.5) is 10.1 Å². The molecule has 9 nitrogen and oxygen atoms in total. The first-order chi connectivity index (χ1) is 16.3. The maximum Gasteiger partial charge on any atom is 0.491 e. The molecule has 0 saturated carbocycles. The van der Waals surface area contributed by atoms with Crippen LogP contribution in [0.2, 0.25) is 0 Å². The molecule has 3 N–H and O–H groups in total. The minimum absolute atomic E-state index is 0.0186. The maximum atomic E-state index is 14.6. The third-order valence-electron chi connectivity index (χ3n) is 5.73. The Bertz CT molecular complexity index is 1290. The van der Waals surface area contributed by atoms with Crippen LogP contribution < -0.4 is 16.1 Å². The molecule has 4 rings (SSSR count). The second kappa shape index (κ2) is 9.01. The van der Waals surface area contributed by atoms with Crippen molar-refractivity contribution in [2.24, 2.45) is 5.73 Å². The number of carbonyl (C=O) groups excluding carboxylic acids is 2. The molecule has 2 aromatic rings. The Labute approximate surface area is 194 Å². The Morgan fingerprint density at radius 2 is 1.91 bits per heavy atom. The number of esters is 2. The molecule has 0 saturated heterocycles. The number of ether oxygens (including phenoxy) is 2. The summed E-state index contributed by atoms with van der Waals surface area (Å²) in [6.45, 7) is -0.123. The van der Waals surface area contributed by atoms with Crippen LogP contribution in [0, 0.1) is 17.1 Å². The molecule has 2 aliphatic heterocycles. The Balaban J connectivity index is 2.10. The van der Waals surface area contributed by atoms with Gasteiger partial charge < -0.3 is 24.9 Å². The van der Waals surface area contributed by atoms with Gasteiger partial charge in [-0.1, -0.05) is 30.3 Å². The summed E-state index contributed by atoms with van der Waals surface area (Å²) < 4.78 is 29.7. The summed E-state index contributed by atoms with van der Waals surface area (Å²) in [4.78, 5) is 27.2. The molecule has 0 fully saturated rings. The fraction of sp³-hybridized carbons (Fsp3) is 0.174. The Hall–Kier alpha value is -4.14. The minimum atomic E-state index is -1.39. The summed E-state index contributed by atoms with van der Waals surface area (Å²) in [5, 5.41) is 20.2. The standard InChI is InChI=1S/C23H19BFN3O6/c1-32-22(29)19-18(12-6-4-3-5-7-12)14(10-26)21(27)28(20(19)23(30)33-2)17-9-13(25)8-16-15(17)11-34-24(16)31/h3-9,18,31H,11,27H2,1-2H3. The number of hydrogen-bond donors (Lipinski definition) is 2. The van der Waals surface area contributed by atoms with Gasteiger partial charge in [-0.15, -0.1) is 0 Å². The first kappa shape index (κ1) is 23.0. The van der Waals surface area contributed by atoms with E-state index in [9.17, 15) is 24.3 Å². The Morgan fingerprint density at radius 3 is 2.53 bits per heavy atom. The van der Waals surface area contributed by atoms with Gasteiger partial charge in [-0.25, -0.2) is 14.0 Å². The van der Waals surface area contributed by atoms with Crippen LogP contribution in [0.5, 0.6) is 0 Å². The molecular weight excluding hydrogens is 444 g/mol. The van der Waals surface area contributed by atoms with Gasteiger partial charge in [0.1, 0.15) is 17.3 Å². The van der Waals surface area contributed by atoms with Crippen LogP contribution in [0.25, 0.3) is 0 Å². The number of nitrogens with two attached hydrogens (primary N) is 1. The fourth-order valence-electron chi connectivity index (χ4n) is 4.24. The average molecular weight is 463 g/mol. The molecule has 0 aromatic heterocycles. The van der Waals surface area contributed by atoms with E-state index in [1.807, 2.05) is 6.07 Å². The van der Waals surface area contributed by atoms with Crippen molar-refractivity contribution in [1.29, 1.82) is 5.26 Å². The summed E-state index contributed by atoms with van der Waals surface area (Å²) in [6, 6.07) is 12.7. The molecule has 2 aromatic carbocycles. The lowest BCUT2D eigenvalue weighted by Gasteiger charge is -2.36. The third kappa shape index (κ3) is 3.59. The van der Waals surface area contributed by atoms with E-state index in [4.69, 9.17) is 19.9 Å². The van der Waals surface area contributed by atoms with Gasteiger partial charge >= 0.3 is 19.1 Å². The lowest BCUT2D eigenvalue weighted by molar-refractivity contribution is -0.139. The van der Waals surface area contributed by atoms with E-state index in [0.717, 1.165) is 31.3 Å². The zero-order valence-corrected chi connectivity index (χ0v) is 18.2. The number of nitrogens with zero attached hydrogens (tertiary/aromatic N) is 2. The molecule has 0 bridgehead atoms. The number of carbonyl (C=O) groups is 2. The largest absolute Gasteiger partial charge is 0.491 e. The molecule has 11 heteroatoms. The summed E-state index contributed by atoms with van der Waals surface area (Å²) >= 11 is 0. The second-order valence-electron chi connectivity index (χ2n) is 7.49. The average Bonchev–Trinajstić information content (AvgIpc) is 3.22. The highest BCUT2D eigenvalue weighted by atomic mass is 19.1. The molecule has 1 atom stereocenters. The molecule has 2 aliphatic rings. The van der Waals surface area contributed by atoms with Gasteiger partial charge in [0, 0.05) is 5.56 Å². The number of anilines is 1. The van der Waals surface area contributed by atoms with Crippen LogP contribution in [0.1, 0.15) is 17.0 Å². The SMILES string of the molecule is COC(=O)C1=C(C(=O)OC)N(c2cc(F)cc3c2COB3O)C(N)=C(C#N)C1c1ccccc1.